The van der Waals surface area contributed by atoms with Crippen LogP contribution in [-0.2, 0) is 4.79 Å². The molecular weight excluding hydrogens is 260 g/mol. The van der Waals surface area contributed by atoms with Gasteiger partial charge in [-0.15, -0.1) is 0 Å². The van der Waals surface area contributed by atoms with Crippen molar-refractivity contribution in [2.24, 2.45) is 11.7 Å². The molecular formula is C18H28N2O. The maximum Gasteiger partial charge on any atom is 0.222 e. The molecule has 2 rings (SSSR count). The lowest BCUT2D eigenvalue weighted by molar-refractivity contribution is -0.130. The van der Waals surface area contributed by atoms with E-state index in [9.17, 15) is 4.79 Å². The van der Waals surface area contributed by atoms with Gasteiger partial charge in [0.25, 0.3) is 0 Å². The van der Waals surface area contributed by atoms with E-state index < -0.39 is 0 Å². The summed E-state index contributed by atoms with van der Waals surface area (Å²) in [6.07, 6.45) is 5.37. The van der Waals surface area contributed by atoms with Crippen LogP contribution in [0.4, 0.5) is 0 Å². The second-order valence-corrected chi connectivity index (χ2v) is 6.17. The Morgan fingerprint density at radius 1 is 1.29 bits per heavy atom. The first-order valence-corrected chi connectivity index (χ1v) is 8.27. The molecule has 116 valence electrons. The minimum absolute atomic E-state index is 0.248. The van der Waals surface area contributed by atoms with Gasteiger partial charge in [0, 0.05) is 32.0 Å². The SMILES string of the molecule is CCCC1CCC(=O)N(CC(CN)c2ccccc2)CC1. The fourth-order valence-corrected chi connectivity index (χ4v) is 3.29. The van der Waals surface area contributed by atoms with Crippen LogP contribution in [0.3, 0.4) is 0 Å². The van der Waals surface area contributed by atoms with Crippen molar-refractivity contribution >= 4 is 5.91 Å². The smallest absolute Gasteiger partial charge is 0.222 e. The normalized spacial score (nSPS) is 21.1. The Morgan fingerprint density at radius 2 is 2.05 bits per heavy atom. The lowest BCUT2D eigenvalue weighted by atomic mass is 9.96. The first kappa shape index (κ1) is 16.0. The van der Waals surface area contributed by atoms with Crippen LogP contribution in [0.1, 0.15) is 50.5 Å². The van der Waals surface area contributed by atoms with E-state index in [1.165, 1.54) is 18.4 Å². The Balaban J connectivity index is 1.98. The van der Waals surface area contributed by atoms with Crippen molar-refractivity contribution in [2.75, 3.05) is 19.6 Å². The molecule has 1 saturated heterocycles. The van der Waals surface area contributed by atoms with Gasteiger partial charge in [-0.3, -0.25) is 4.79 Å². The maximum atomic E-state index is 12.3. The summed E-state index contributed by atoms with van der Waals surface area (Å²) in [4.78, 5) is 14.4. The number of carbonyl (C=O) groups is 1. The second-order valence-electron chi connectivity index (χ2n) is 6.17. The first-order chi connectivity index (χ1) is 10.2. The van der Waals surface area contributed by atoms with E-state index in [2.05, 4.69) is 19.1 Å². The molecule has 2 atom stereocenters. The summed E-state index contributed by atoms with van der Waals surface area (Å²) >= 11 is 0. The molecule has 1 aliphatic heterocycles. The highest BCUT2D eigenvalue weighted by molar-refractivity contribution is 5.76. The Morgan fingerprint density at radius 3 is 2.71 bits per heavy atom. The predicted molar refractivity (Wildman–Crippen MR) is 87.1 cm³/mol. The highest BCUT2D eigenvalue weighted by Gasteiger charge is 2.24. The minimum Gasteiger partial charge on any atom is -0.342 e. The summed E-state index contributed by atoms with van der Waals surface area (Å²) in [5.41, 5.74) is 7.18. The van der Waals surface area contributed by atoms with Crippen molar-refractivity contribution in [2.45, 2.75) is 44.9 Å². The Bertz CT molecular complexity index is 432. The van der Waals surface area contributed by atoms with E-state index in [-0.39, 0.29) is 5.92 Å². The molecule has 1 aromatic rings. The van der Waals surface area contributed by atoms with Crippen molar-refractivity contribution < 1.29 is 4.79 Å². The van der Waals surface area contributed by atoms with Gasteiger partial charge in [-0.2, -0.15) is 0 Å². The van der Waals surface area contributed by atoms with Gasteiger partial charge in [-0.1, -0.05) is 50.1 Å². The lowest BCUT2D eigenvalue weighted by Crippen LogP contribution is -2.36. The van der Waals surface area contributed by atoms with E-state index in [4.69, 9.17) is 5.73 Å². The molecule has 3 heteroatoms. The molecule has 2 unspecified atom stereocenters. The molecule has 21 heavy (non-hydrogen) atoms. The zero-order valence-electron chi connectivity index (χ0n) is 13.1. The van der Waals surface area contributed by atoms with Crippen molar-refractivity contribution in [1.82, 2.24) is 4.90 Å². The number of benzene rings is 1. The Hall–Kier alpha value is -1.35. The van der Waals surface area contributed by atoms with Gasteiger partial charge in [0.2, 0.25) is 5.91 Å². The molecule has 0 bridgehead atoms. The summed E-state index contributed by atoms with van der Waals surface area (Å²) in [6, 6.07) is 10.3. The van der Waals surface area contributed by atoms with Crippen molar-refractivity contribution in [1.29, 1.82) is 0 Å². The molecule has 0 spiro atoms. The first-order valence-electron chi connectivity index (χ1n) is 8.27. The van der Waals surface area contributed by atoms with Crippen LogP contribution in [0.5, 0.6) is 0 Å². The van der Waals surface area contributed by atoms with Gasteiger partial charge in [-0.05, 0) is 24.3 Å². The molecule has 0 radical (unpaired) electrons. The molecule has 0 saturated carbocycles. The summed E-state index contributed by atoms with van der Waals surface area (Å²) in [7, 11) is 0. The minimum atomic E-state index is 0.248. The Labute approximate surface area is 128 Å². The van der Waals surface area contributed by atoms with Gasteiger partial charge in [0.05, 0.1) is 0 Å². The number of rotatable bonds is 6. The lowest BCUT2D eigenvalue weighted by Gasteiger charge is -2.26. The maximum absolute atomic E-state index is 12.3. The van der Waals surface area contributed by atoms with E-state index in [1.54, 1.807) is 0 Å². The number of likely N-dealkylation sites (tertiary alicyclic amines) is 1. The molecule has 1 heterocycles. The third-order valence-electron chi connectivity index (χ3n) is 4.62. The van der Waals surface area contributed by atoms with Gasteiger partial charge < -0.3 is 10.6 Å². The van der Waals surface area contributed by atoms with Crippen LogP contribution in [0.25, 0.3) is 0 Å². The van der Waals surface area contributed by atoms with Crippen LogP contribution >= 0.6 is 0 Å². The summed E-state index contributed by atoms with van der Waals surface area (Å²) < 4.78 is 0. The molecule has 1 aliphatic rings. The zero-order valence-corrected chi connectivity index (χ0v) is 13.1. The summed E-state index contributed by atoms with van der Waals surface area (Å²) in [6.45, 7) is 4.47. The van der Waals surface area contributed by atoms with Crippen LogP contribution in [0.15, 0.2) is 30.3 Å². The van der Waals surface area contributed by atoms with E-state index in [0.29, 0.717) is 18.9 Å². The number of hydrogen-bond acceptors (Lipinski definition) is 2. The Kier molecular flexibility index (Phi) is 6.24. The van der Waals surface area contributed by atoms with Gasteiger partial charge >= 0.3 is 0 Å². The van der Waals surface area contributed by atoms with E-state index in [1.807, 2.05) is 23.1 Å². The van der Waals surface area contributed by atoms with E-state index in [0.717, 1.165) is 31.8 Å². The number of nitrogens with two attached hydrogens (primary N) is 1. The average Bonchev–Trinajstić information content (AvgIpc) is 2.69. The highest BCUT2D eigenvalue weighted by atomic mass is 16.2. The molecule has 1 aromatic carbocycles. The van der Waals surface area contributed by atoms with Crippen molar-refractivity contribution in [3.8, 4) is 0 Å². The third kappa shape index (κ3) is 4.57. The monoisotopic (exact) mass is 288 g/mol. The fraction of sp³-hybridized carbons (Fsp3) is 0.611. The second kappa shape index (κ2) is 8.18. The number of hydrogen-bond donors (Lipinski definition) is 1. The third-order valence-corrected chi connectivity index (χ3v) is 4.62. The summed E-state index contributed by atoms with van der Waals surface area (Å²) in [5.74, 6) is 1.28. The summed E-state index contributed by atoms with van der Waals surface area (Å²) in [5, 5.41) is 0. The van der Waals surface area contributed by atoms with Crippen LogP contribution in [0, 0.1) is 5.92 Å². The van der Waals surface area contributed by atoms with E-state index >= 15 is 0 Å². The predicted octanol–water partition coefficient (Wildman–Crippen LogP) is 3.16. The van der Waals surface area contributed by atoms with Crippen molar-refractivity contribution in [3.05, 3.63) is 35.9 Å². The van der Waals surface area contributed by atoms with Gasteiger partial charge in [-0.25, -0.2) is 0 Å². The largest absolute Gasteiger partial charge is 0.342 e. The number of carbonyl (C=O) groups excluding carboxylic acids is 1. The van der Waals surface area contributed by atoms with Crippen molar-refractivity contribution in [3.63, 3.8) is 0 Å². The van der Waals surface area contributed by atoms with Crippen LogP contribution in [0.2, 0.25) is 0 Å². The quantitative estimate of drug-likeness (QED) is 0.874. The molecule has 1 fully saturated rings. The molecule has 0 aliphatic carbocycles. The van der Waals surface area contributed by atoms with Crippen LogP contribution in [-0.4, -0.2) is 30.4 Å². The average molecular weight is 288 g/mol. The van der Waals surface area contributed by atoms with Gasteiger partial charge in [0.1, 0.15) is 0 Å². The standard InChI is InChI=1S/C18H28N2O/c1-2-6-15-9-10-18(21)20(12-11-15)14-17(13-19)16-7-4-3-5-8-16/h3-5,7-8,15,17H,2,6,9-14,19H2,1H3. The van der Waals surface area contributed by atoms with Gasteiger partial charge in [0.15, 0.2) is 0 Å². The number of amides is 1. The molecule has 2 N–H and O–H groups in total. The van der Waals surface area contributed by atoms with Crippen LogP contribution < -0.4 is 5.73 Å². The molecule has 1 amide bonds. The number of nitrogens with zero attached hydrogens (tertiary/aromatic N) is 1. The molecule has 0 aromatic heterocycles. The zero-order chi connectivity index (χ0) is 15.1. The topological polar surface area (TPSA) is 46.3 Å². The highest BCUT2D eigenvalue weighted by Crippen LogP contribution is 2.24. The molecule has 3 nitrogen and oxygen atoms in total. The fourth-order valence-electron chi connectivity index (χ4n) is 3.29.